The number of ether oxygens (including phenoxy) is 1. The van der Waals surface area contributed by atoms with Crippen LogP contribution in [0.15, 0.2) is 6.07 Å². The molecule has 3 N–H and O–H groups in total. The predicted molar refractivity (Wildman–Crippen MR) is 85.7 cm³/mol. The van der Waals surface area contributed by atoms with Crippen LogP contribution in [0.2, 0.25) is 0 Å². The molecule has 0 unspecified atom stereocenters. The lowest BCUT2D eigenvalue weighted by Crippen LogP contribution is -2.19. The molecule has 0 saturated carbocycles. The number of nitrogens with one attached hydrogen (secondary N) is 1. The number of hydrogen-bond acceptors (Lipinski definition) is 4. The number of primary amides is 1. The summed E-state index contributed by atoms with van der Waals surface area (Å²) in [4.78, 5) is 24.1. The normalized spacial score (nSPS) is 12.4. The molecular formula is C15H24N2O3S. The summed E-state index contributed by atoms with van der Waals surface area (Å²) in [6, 6.07) is 1.68. The van der Waals surface area contributed by atoms with Crippen molar-refractivity contribution >= 4 is 28.2 Å². The fourth-order valence-corrected chi connectivity index (χ4v) is 3.00. The van der Waals surface area contributed by atoms with Gasteiger partial charge in [-0.3, -0.25) is 9.59 Å². The summed E-state index contributed by atoms with van der Waals surface area (Å²) in [5, 5.41) is 3.24. The summed E-state index contributed by atoms with van der Waals surface area (Å²) in [5.41, 5.74) is 5.64. The summed E-state index contributed by atoms with van der Waals surface area (Å²) in [5.74, 6) is -0.131. The van der Waals surface area contributed by atoms with E-state index in [2.05, 4.69) is 19.2 Å². The van der Waals surface area contributed by atoms with Gasteiger partial charge in [0.25, 0.3) is 5.91 Å². The fraction of sp³-hybridized carbons (Fsp3) is 0.600. The Morgan fingerprint density at radius 2 is 2.05 bits per heavy atom. The second-order valence-corrected chi connectivity index (χ2v) is 6.83. The van der Waals surface area contributed by atoms with Gasteiger partial charge in [0.2, 0.25) is 5.91 Å². The molecule has 2 amide bonds. The Hall–Kier alpha value is -1.40. The van der Waals surface area contributed by atoms with E-state index >= 15 is 0 Å². The zero-order valence-corrected chi connectivity index (χ0v) is 13.9. The van der Waals surface area contributed by atoms with Crippen LogP contribution in [0.3, 0.4) is 0 Å². The third-order valence-corrected chi connectivity index (χ3v) is 3.87. The highest BCUT2D eigenvalue weighted by molar-refractivity contribution is 7.16. The first-order chi connectivity index (χ1) is 9.79. The molecule has 5 nitrogen and oxygen atoms in total. The van der Waals surface area contributed by atoms with E-state index in [-0.39, 0.29) is 18.4 Å². The zero-order chi connectivity index (χ0) is 16.0. The van der Waals surface area contributed by atoms with Crippen LogP contribution >= 0.6 is 11.3 Å². The van der Waals surface area contributed by atoms with Crippen molar-refractivity contribution in [3.05, 3.63) is 16.5 Å². The van der Waals surface area contributed by atoms with E-state index in [9.17, 15) is 9.59 Å². The van der Waals surface area contributed by atoms with Crippen molar-refractivity contribution in [2.75, 3.05) is 11.9 Å². The van der Waals surface area contributed by atoms with E-state index in [1.165, 1.54) is 11.3 Å². The van der Waals surface area contributed by atoms with Crippen LogP contribution in [-0.2, 0) is 9.53 Å². The fourth-order valence-electron chi connectivity index (χ4n) is 2.06. The van der Waals surface area contributed by atoms with Crippen LogP contribution in [0.25, 0.3) is 0 Å². The smallest absolute Gasteiger partial charge is 0.251 e. The van der Waals surface area contributed by atoms with Crippen LogP contribution in [0.5, 0.6) is 0 Å². The topological polar surface area (TPSA) is 81.4 Å². The van der Waals surface area contributed by atoms with Crippen molar-refractivity contribution in [2.45, 2.75) is 46.6 Å². The van der Waals surface area contributed by atoms with Crippen molar-refractivity contribution in [2.24, 2.45) is 11.7 Å². The lowest BCUT2D eigenvalue weighted by atomic mass is 10.1. The number of carbonyl (C=O) groups is 2. The summed E-state index contributed by atoms with van der Waals surface area (Å²) >= 11 is 1.35. The highest BCUT2D eigenvalue weighted by Crippen LogP contribution is 2.27. The first-order valence-corrected chi connectivity index (χ1v) is 7.93. The molecule has 0 spiro atoms. The standard InChI is InChI=1S/C15H24N2O3S/c1-9(2)7-10(3)20-6-5-13(18)17-15-12(14(16)19)8-11(4)21-15/h8-10H,5-7H2,1-4H3,(H2,16,19)(H,17,18)/t10-/m1/s1. The largest absolute Gasteiger partial charge is 0.378 e. The molecule has 1 atom stereocenters. The van der Waals surface area contributed by atoms with Crippen LogP contribution in [0, 0.1) is 12.8 Å². The third-order valence-electron chi connectivity index (χ3n) is 2.91. The van der Waals surface area contributed by atoms with Gasteiger partial charge in [-0.05, 0) is 32.3 Å². The molecule has 6 heteroatoms. The van der Waals surface area contributed by atoms with Gasteiger partial charge in [0.1, 0.15) is 5.00 Å². The molecule has 1 aromatic heterocycles. The van der Waals surface area contributed by atoms with E-state index < -0.39 is 5.91 Å². The van der Waals surface area contributed by atoms with Gasteiger partial charge in [0.05, 0.1) is 24.7 Å². The molecule has 21 heavy (non-hydrogen) atoms. The number of hydrogen-bond donors (Lipinski definition) is 2. The molecule has 1 rings (SSSR count). The van der Waals surface area contributed by atoms with Gasteiger partial charge in [-0.15, -0.1) is 11.3 Å². The molecule has 0 fully saturated rings. The van der Waals surface area contributed by atoms with E-state index in [4.69, 9.17) is 10.5 Å². The Bertz CT molecular complexity index is 497. The molecule has 0 bridgehead atoms. The average Bonchev–Trinajstić information content (AvgIpc) is 2.69. The highest BCUT2D eigenvalue weighted by atomic mass is 32.1. The minimum Gasteiger partial charge on any atom is -0.378 e. The number of carbonyl (C=O) groups excluding carboxylic acids is 2. The highest BCUT2D eigenvalue weighted by Gasteiger charge is 2.14. The quantitative estimate of drug-likeness (QED) is 0.774. The summed E-state index contributed by atoms with van der Waals surface area (Å²) in [7, 11) is 0. The number of thiophene rings is 1. The average molecular weight is 312 g/mol. The van der Waals surface area contributed by atoms with E-state index in [0.717, 1.165) is 11.3 Å². The summed E-state index contributed by atoms with van der Waals surface area (Å²) in [6.45, 7) is 8.51. The molecule has 1 aromatic rings. The Kier molecular flexibility index (Phi) is 6.84. The van der Waals surface area contributed by atoms with Crippen molar-refractivity contribution in [1.29, 1.82) is 0 Å². The number of nitrogens with two attached hydrogens (primary N) is 1. The number of aryl methyl sites for hydroxylation is 1. The predicted octanol–water partition coefficient (Wildman–Crippen LogP) is 2.94. The number of amides is 2. The van der Waals surface area contributed by atoms with Crippen molar-refractivity contribution in [3.63, 3.8) is 0 Å². The van der Waals surface area contributed by atoms with Gasteiger partial charge < -0.3 is 15.8 Å². The van der Waals surface area contributed by atoms with Gasteiger partial charge in [-0.25, -0.2) is 0 Å². The first-order valence-electron chi connectivity index (χ1n) is 7.11. The maximum atomic E-state index is 11.9. The zero-order valence-electron chi connectivity index (χ0n) is 13.1. The maximum absolute atomic E-state index is 11.9. The first kappa shape index (κ1) is 17.7. The Labute approximate surface area is 129 Å². The van der Waals surface area contributed by atoms with Gasteiger partial charge >= 0.3 is 0 Å². The van der Waals surface area contributed by atoms with Gasteiger partial charge in [0.15, 0.2) is 0 Å². The van der Waals surface area contributed by atoms with Crippen molar-refractivity contribution in [1.82, 2.24) is 0 Å². The molecule has 118 valence electrons. The maximum Gasteiger partial charge on any atom is 0.251 e. The van der Waals surface area contributed by atoms with Gasteiger partial charge in [-0.2, -0.15) is 0 Å². The Morgan fingerprint density at radius 1 is 1.38 bits per heavy atom. The van der Waals surface area contributed by atoms with E-state index in [0.29, 0.717) is 23.1 Å². The molecule has 0 aliphatic carbocycles. The SMILES string of the molecule is Cc1cc(C(N)=O)c(NC(=O)CCO[C@H](C)CC(C)C)s1. The second-order valence-electron chi connectivity index (χ2n) is 5.57. The minimum absolute atomic E-state index is 0.142. The summed E-state index contributed by atoms with van der Waals surface area (Å²) < 4.78 is 5.59. The second kappa shape index (κ2) is 8.14. The summed E-state index contributed by atoms with van der Waals surface area (Å²) in [6.07, 6.45) is 1.37. The molecule has 1 heterocycles. The molecule has 0 aliphatic heterocycles. The van der Waals surface area contributed by atoms with Crippen LogP contribution < -0.4 is 11.1 Å². The molecule has 0 aliphatic rings. The Balaban J connectivity index is 2.42. The minimum atomic E-state index is -0.531. The van der Waals surface area contributed by atoms with Crippen LogP contribution in [0.1, 0.15) is 48.8 Å². The lowest BCUT2D eigenvalue weighted by molar-refractivity contribution is -0.117. The number of anilines is 1. The van der Waals surface area contributed by atoms with E-state index in [1.54, 1.807) is 6.07 Å². The van der Waals surface area contributed by atoms with Crippen molar-refractivity contribution < 1.29 is 14.3 Å². The van der Waals surface area contributed by atoms with Gasteiger partial charge in [-0.1, -0.05) is 13.8 Å². The molecule has 0 radical (unpaired) electrons. The molecule has 0 aromatic carbocycles. The van der Waals surface area contributed by atoms with Crippen molar-refractivity contribution in [3.8, 4) is 0 Å². The lowest BCUT2D eigenvalue weighted by Gasteiger charge is -2.14. The van der Waals surface area contributed by atoms with Crippen LogP contribution in [0.4, 0.5) is 5.00 Å². The third kappa shape index (κ3) is 6.27. The number of rotatable bonds is 8. The Morgan fingerprint density at radius 3 is 2.62 bits per heavy atom. The monoisotopic (exact) mass is 312 g/mol. The van der Waals surface area contributed by atoms with E-state index in [1.807, 2.05) is 13.8 Å². The molecular weight excluding hydrogens is 288 g/mol. The van der Waals surface area contributed by atoms with Gasteiger partial charge in [0, 0.05) is 4.88 Å². The molecule has 0 saturated heterocycles. The van der Waals surface area contributed by atoms with Crippen LogP contribution in [-0.4, -0.2) is 24.5 Å².